The molecule has 3 nitrogen and oxygen atoms in total. The van der Waals surface area contributed by atoms with Crippen molar-refractivity contribution in [1.29, 1.82) is 5.26 Å². The Morgan fingerprint density at radius 2 is 2.47 bits per heavy atom. The summed E-state index contributed by atoms with van der Waals surface area (Å²) in [5, 5.41) is 8.79. The minimum Gasteiger partial charge on any atom is -0.352 e. The monoisotopic (exact) mass is 219 g/mol. The molecular formula is C11H13N3S. The van der Waals surface area contributed by atoms with Crippen LogP contribution in [-0.4, -0.2) is 29.1 Å². The summed E-state index contributed by atoms with van der Waals surface area (Å²) in [5.74, 6) is 3.21. The minimum atomic E-state index is 0.498. The second-order valence-corrected chi connectivity index (χ2v) is 4.76. The number of nitrogens with zero attached hydrogens (tertiary/aromatic N) is 3. The van der Waals surface area contributed by atoms with E-state index in [2.05, 4.69) is 22.9 Å². The Morgan fingerprint density at radius 3 is 3.20 bits per heavy atom. The maximum absolute atomic E-state index is 8.79. The molecule has 4 heteroatoms. The van der Waals surface area contributed by atoms with Crippen LogP contribution in [0.3, 0.4) is 0 Å². The predicted octanol–water partition coefficient (Wildman–Crippen LogP) is 1.89. The van der Waals surface area contributed by atoms with Crippen LogP contribution in [0.5, 0.6) is 0 Å². The van der Waals surface area contributed by atoms with Gasteiger partial charge in [0.2, 0.25) is 0 Å². The molecule has 1 aliphatic heterocycles. The normalized spacial score (nSPS) is 21.1. The zero-order valence-electron chi connectivity index (χ0n) is 8.68. The van der Waals surface area contributed by atoms with E-state index < -0.39 is 0 Å². The van der Waals surface area contributed by atoms with Gasteiger partial charge < -0.3 is 4.90 Å². The number of aromatic nitrogens is 1. The highest BCUT2D eigenvalue weighted by Gasteiger charge is 2.19. The van der Waals surface area contributed by atoms with Crippen LogP contribution in [0.15, 0.2) is 18.2 Å². The van der Waals surface area contributed by atoms with Crippen LogP contribution in [0.1, 0.15) is 12.6 Å². The SMILES string of the molecule is CC1CSCCN1c1cccc(C#N)n1. The van der Waals surface area contributed by atoms with Crippen LogP contribution in [0.4, 0.5) is 5.82 Å². The van der Waals surface area contributed by atoms with E-state index in [0.29, 0.717) is 11.7 Å². The van der Waals surface area contributed by atoms with Gasteiger partial charge in [0.25, 0.3) is 0 Å². The Hall–Kier alpha value is -1.21. The van der Waals surface area contributed by atoms with E-state index in [1.54, 1.807) is 6.07 Å². The molecule has 0 aliphatic carbocycles. The minimum absolute atomic E-state index is 0.498. The molecule has 78 valence electrons. The van der Waals surface area contributed by atoms with Crippen molar-refractivity contribution in [3.05, 3.63) is 23.9 Å². The number of anilines is 1. The van der Waals surface area contributed by atoms with Crippen LogP contribution >= 0.6 is 11.8 Å². The number of rotatable bonds is 1. The third-order valence-corrected chi connectivity index (χ3v) is 3.70. The Balaban J connectivity index is 2.24. The van der Waals surface area contributed by atoms with Gasteiger partial charge in [-0.05, 0) is 19.1 Å². The summed E-state index contributed by atoms with van der Waals surface area (Å²) in [7, 11) is 0. The summed E-state index contributed by atoms with van der Waals surface area (Å²) < 4.78 is 0. The lowest BCUT2D eigenvalue weighted by atomic mass is 10.3. The molecule has 1 atom stereocenters. The molecule has 2 rings (SSSR count). The van der Waals surface area contributed by atoms with Crippen molar-refractivity contribution in [2.45, 2.75) is 13.0 Å². The average Bonchev–Trinajstić information content (AvgIpc) is 2.30. The summed E-state index contributed by atoms with van der Waals surface area (Å²) in [6.07, 6.45) is 0. The summed E-state index contributed by atoms with van der Waals surface area (Å²) in [6.45, 7) is 3.22. The molecule has 1 saturated heterocycles. The zero-order chi connectivity index (χ0) is 10.7. The van der Waals surface area contributed by atoms with Crippen molar-refractivity contribution in [2.75, 3.05) is 23.0 Å². The smallest absolute Gasteiger partial charge is 0.142 e. The summed E-state index contributed by atoms with van der Waals surface area (Å²) in [5.41, 5.74) is 0.498. The average molecular weight is 219 g/mol. The Morgan fingerprint density at radius 1 is 1.60 bits per heavy atom. The van der Waals surface area contributed by atoms with Crippen LogP contribution in [-0.2, 0) is 0 Å². The molecule has 1 fully saturated rings. The Kier molecular flexibility index (Phi) is 3.12. The summed E-state index contributed by atoms with van der Waals surface area (Å²) in [6, 6.07) is 8.20. The second kappa shape index (κ2) is 4.54. The molecule has 0 spiro atoms. The van der Waals surface area contributed by atoms with E-state index in [1.165, 1.54) is 0 Å². The maximum atomic E-state index is 8.79. The first-order chi connectivity index (χ1) is 7.31. The van der Waals surface area contributed by atoms with Gasteiger partial charge in [-0.1, -0.05) is 6.07 Å². The van der Waals surface area contributed by atoms with Crippen molar-refractivity contribution in [3.8, 4) is 6.07 Å². The van der Waals surface area contributed by atoms with Gasteiger partial charge in [0.15, 0.2) is 0 Å². The van der Waals surface area contributed by atoms with Crippen molar-refractivity contribution in [3.63, 3.8) is 0 Å². The topological polar surface area (TPSA) is 39.9 Å². The molecule has 0 radical (unpaired) electrons. The lowest BCUT2D eigenvalue weighted by Crippen LogP contribution is -2.40. The third-order valence-electron chi connectivity index (χ3n) is 2.51. The molecule has 1 aromatic heterocycles. The zero-order valence-corrected chi connectivity index (χ0v) is 9.50. The number of nitriles is 1. The second-order valence-electron chi connectivity index (χ2n) is 3.61. The lowest BCUT2D eigenvalue weighted by molar-refractivity contribution is 0.689. The summed E-state index contributed by atoms with van der Waals surface area (Å²) >= 11 is 1.98. The molecule has 0 aromatic carbocycles. The molecule has 1 aromatic rings. The number of thioether (sulfide) groups is 1. The predicted molar refractivity (Wildman–Crippen MR) is 63.1 cm³/mol. The van der Waals surface area contributed by atoms with E-state index in [1.807, 2.05) is 23.9 Å². The molecule has 15 heavy (non-hydrogen) atoms. The molecule has 1 unspecified atom stereocenters. The molecule has 0 amide bonds. The van der Waals surface area contributed by atoms with Crippen molar-refractivity contribution < 1.29 is 0 Å². The highest BCUT2D eigenvalue weighted by atomic mass is 32.2. The maximum Gasteiger partial charge on any atom is 0.142 e. The summed E-state index contributed by atoms with van der Waals surface area (Å²) in [4.78, 5) is 6.60. The quantitative estimate of drug-likeness (QED) is 0.723. The van der Waals surface area contributed by atoms with E-state index in [-0.39, 0.29) is 0 Å². The van der Waals surface area contributed by atoms with Gasteiger partial charge in [-0.3, -0.25) is 0 Å². The van der Waals surface area contributed by atoms with E-state index >= 15 is 0 Å². The van der Waals surface area contributed by atoms with Crippen LogP contribution in [0.25, 0.3) is 0 Å². The molecular weight excluding hydrogens is 206 g/mol. The van der Waals surface area contributed by atoms with Gasteiger partial charge in [0, 0.05) is 24.1 Å². The fourth-order valence-corrected chi connectivity index (χ4v) is 2.73. The van der Waals surface area contributed by atoms with Gasteiger partial charge in [-0.15, -0.1) is 0 Å². The standard InChI is InChI=1S/C11H13N3S/c1-9-8-15-6-5-14(9)11-4-2-3-10(7-12)13-11/h2-4,9H,5-6,8H2,1H3. The highest BCUT2D eigenvalue weighted by molar-refractivity contribution is 7.99. The molecule has 0 saturated carbocycles. The Labute approximate surface area is 94.1 Å². The van der Waals surface area contributed by atoms with Crippen molar-refractivity contribution in [2.24, 2.45) is 0 Å². The van der Waals surface area contributed by atoms with Gasteiger partial charge in [0.1, 0.15) is 17.6 Å². The third kappa shape index (κ3) is 2.24. The Bertz CT molecular complexity index is 386. The molecule has 1 aliphatic rings. The molecule has 0 N–H and O–H groups in total. The van der Waals surface area contributed by atoms with Gasteiger partial charge in [0.05, 0.1) is 0 Å². The van der Waals surface area contributed by atoms with E-state index in [0.717, 1.165) is 23.9 Å². The fourth-order valence-electron chi connectivity index (χ4n) is 1.71. The van der Waals surface area contributed by atoms with Crippen molar-refractivity contribution >= 4 is 17.6 Å². The van der Waals surface area contributed by atoms with Crippen LogP contribution < -0.4 is 4.90 Å². The number of hydrogen-bond donors (Lipinski definition) is 0. The van der Waals surface area contributed by atoms with E-state index in [4.69, 9.17) is 5.26 Å². The first-order valence-corrected chi connectivity index (χ1v) is 6.18. The van der Waals surface area contributed by atoms with Gasteiger partial charge >= 0.3 is 0 Å². The molecule has 0 bridgehead atoms. The largest absolute Gasteiger partial charge is 0.352 e. The fraction of sp³-hybridized carbons (Fsp3) is 0.455. The number of pyridine rings is 1. The van der Waals surface area contributed by atoms with E-state index in [9.17, 15) is 0 Å². The van der Waals surface area contributed by atoms with Crippen LogP contribution in [0, 0.1) is 11.3 Å². The van der Waals surface area contributed by atoms with Gasteiger partial charge in [-0.2, -0.15) is 17.0 Å². The van der Waals surface area contributed by atoms with Crippen molar-refractivity contribution in [1.82, 2.24) is 4.98 Å². The van der Waals surface area contributed by atoms with Crippen LogP contribution in [0.2, 0.25) is 0 Å². The number of hydrogen-bond acceptors (Lipinski definition) is 4. The molecule has 2 heterocycles. The highest BCUT2D eigenvalue weighted by Crippen LogP contribution is 2.21. The van der Waals surface area contributed by atoms with Gasteiger partial charge in [-0.25, -0.2) is 4.98 Å². The first-order valence-electron chi connectivity index (χ1n) is 5.03. The first kappa shape index (κ1) is 10.3. The lowest BCUT2D eigenvalue weighted by Gasteiger charge is -2.34.